The molecule has 1 heterocycles. The van der Waals surface area contributed by atoms with Crippen molar-refractivity contribution in [1.29, 1.82) is 0 Å². The highest BCUT2D eigenvalue weighted by atomic mass is 16.5. The third-order valence-corrected chi connectivity index (χ3v) is 3.30. The Labute approximate surface area is 131 Å². The van der Waals surface area contributed by atoms with E-state index in [1.54, 1.807) is 0 Å². The Morgan fingerprint density at radius 1 is 1.41 bits per heavy atom. The van der Waals surface area contributed by atoms with Gasteiger partial charge in [0.1, 0.15) is 12.4 Å². The number of hydrogen-bond acceptors (Lipinski definition) is 4. The summed E-state index contributed by atoms with van der Waals surface area (Å²) in [7, 11) is 0. The summed E-state index contributed by atoms with van der Waals surface area (Å²) in [6, 6.07) is 7.31. The second kappa shape index (κ2) is 8.56. The van der Waals surface area contributed by atoms with Gasteiger partial charge in [-0.2, -0.15) is 0 Å². The van der Waals surface area contributed by atoms with Crippen molar-refractivity contribution in [3.8, 4) is 5.75 Å². The first-order valence-electron chi connectivity index (χ1n) is 7.63. The molecule has 2 N–H and O–H groups in total. The van der Waals surface area contributed by atoms with Crippen LogP contribution in [0.5, 0.6) is 5.75 Å². The van der Waals surface area contributed by atoms with Crippen molar-refractivity contribution in [2.45, 2.75) is 25.9 Å². The lowest BCUT2D eigenvalue weighted by Crippen LogP contribution is -2.33. The molecular weight excluding hydrogens is 280 g/mol. The van der Waals surface area contributed by atoms with Gasteiger partial charge in [-0.05, 0) is 49.6 Å². The van der Waals surface area contributed by atoms with Crippen molar-refractivity contribution in [3.63, 3.8) is 0 Å². The highest BCUT2D eigenvalue weighted by Gasteiger charge is 2.15. The van der Waals surface area contributed by atoms with Crippen LogP contribution in [0, 0.1) is 0 Å². The molecule has 1 aromatic carbocycles. The molecule has 0 saturated carbocycles. The number of hydrogen-bond donors (Lipinski definition) is 2. The Hall–Kier alpha value is -1.85. The third kappa shape index (κ3) is 5.87. The smallest absolute Gasteiger partial charge is 0.238 e. The van der Waals surface area contributed by atoms with Gasteiger partial charge in [0.25, 0.3) is 0 Å². The van der Waals surface area contributed by atoms with Crippen LogP contribution < -0.4 is 15.4 Å². The number of anilines is 1. The largest absolute Gasteiger partial charge is 0.489 e. The number of carbonyl (C=O) groups excluding carboxylic acids is 1. The van der Waals surface area contributed by atoms with Crippen LogP contribution in [0.3, 0.4) is 0 Å². The summed E-state index contributed by atoms with van der Waals surface area (Å²) in [5.74, 6) is 0.700. The van der Waals surface area contributed by atoms with E-state index in [0.29, 0.717) is 6.61 Å². The number of nitrogens with one attached hydrogen (secondary N) is 2. The molecule has 0 spiro atoms. The van der Waals surface area contributed by atoms with E-state index in [4.69, 9.17) is 9.47 Å². The molecule has 1 saturated heterocycles. The van der Waals surface area contributed by atoms with Crippen molar-refractivity contribution in [1.82, 2.24) is 5.32 Å². The molecule has 1 amide bonds. The Balaban J connectivity index is 1.68. The minimum absolute atomic E-state index is 0.0615. The van der Waals surface area contributed by atoms with Gasteiger partial charge in [-0.25, -0.2) is 0 Å². The van der Waals surface area contributed by atoms with Crippen LogP contribution in [0.25, 0.3) is 0 Å². The topological polar surface area (TPSA) is 59.6 Å². The summed E-state index contributed by atoms with van der Waals surface area (Å²) < 4.78 is 11.0. The summed E-state index contributed by atoms with van der Waals surface area (Å²) in [5.41, 5.74) is 1.72. The van der Waals surface area contributed by atoms with Crippen LogP contribution in [0.1, 0.15) is 19.8 Å². The Kier molecular flexibility index (Phi) is 6.43. The van der Waals surface area contributed by atoms with Crippen LogP contribution in [-0.2, 0) is 9.53 Å². The normalized spacial score (nSPS) is 17.2. The van der Waals surface area contributed by atoms with Crippen LogP contribution in [0.4, 0.5) is 5.69 Å². The second-order valence-corrected chi connectivity index (χ2v) is 5.58. The average Bonchev–Trinajstić information content (AvgIpc) is 3.00. The van der Waals surface area contributed by atoms with Gasteiger partial charge in [-0.1, -0.05) is 6.58 Å². The lowest BCUT2D eigenvalue weighted by molar-refractivity contribution is -0.115. The van der Waals surface area contributed by atoms with Gasteiger partial charge >= 0.3 is 0 Å². The summed E-state index contributed by atoms with van der Waals surface area (Å²) in [6.45, 7) is 8.04. The second-order valence-electron chi connectivity index (χ2n) is 5.58. The quantitative estimate of drug-likeness (QED) is 0.724. The molecule has 1 atom stereocenters. The molecule has 1 aliphatic rings. The minimum Gasteiger partial charge on any atom is -0.489 e. The lowest BCUT2D eigenvalue weighted by atomic mass is 10.2. The van der Waals surface area contributed by atoms with Crippen LogP contribution in [0.15, 0.2) is 36.4 Å². The van der Waals surface area contributed by atoms with E-state index < -0.39 is 0 Å². The standard InChI is InChI=1S/C17H24N2O3/c1-13(2)12-22-15-7-5-14(6-8-15)19-17(20)11-18-10-16-4-3-9-21-16/h5-8,16,18H,1,3-4,9-12H2,2H3,(H,19,20). The SMILES string of the molecule is C=C(C)COc1ccc(NC(=O)CNCC2CCCO2)cc1. The monoisotopic (exact) mass is 304 g/mol. The lowest BCUT2D eigenvalue weighted by Gasteiger charge is -2.11. The molecule has 0 radical (unpaired) electrons. The first-order valence-corrected chi connectivity index (χ1v) is 7.63. The first-order chi connectivity index (χ1) is 10.6. The predicted molar refractivity (Wildman–Crippen MR) is 87.2 cm³/mol. The number of ether oxygens (including phenoxy) is 2. The summed E-state index contributed by atoms with van der Waals surface area (Å²) >= 11 is 0. The van der Waals surface area contributed by atoms with Gasteiger partial charge in [-0.3, -0.25) is 4.79 Å². The molecule has 0 bridgehead atoms. The maximum Gasteiger partial charge on any atom is 0.238 e. The fourth-order valence-corrected chi connectivity index (χ4v) is 2.20. The summed E-state index contributed by atoms with van der Waals surface area (Å²) in [4.78, 5) is 11.8. The van der Waals surface area contributed by atoms with Crippen molar-refractivity contribution in [3.05, 3.63) is 36.4 Å². The van der Waals surface area contributed by atoms with Gasteiger partial charge < -0.3 is 20.1 Å². The maximum atomic E-state index is 11.8. The molecule has 1 unspecified atom stereocenters. The first kappa shape index (κ1) is 16.5. The molecule has 1 aliphatic heterocycles. The zero-order valence-corrected chi connectivity index (χ0v) is 13.1. The van der Waals surface area contributed by atoms with Gasteiger partial charge in [0.15, 0.2) is 0 Å². The molecule has 1 aromatic rings. The highest BCUT2D eigenvalue weighted by Crippen LogP contribution is 2.16. The highest BCUT2D eigenvalue weighted by molar-refractivity contribution is 5.92. The van der Waals surface area contributed by atoms with E-state index in [0.717, 1.165) is 43.0 Å². The number of amides is 1. The number of carbonyl (C=O) groups is 1. The molecule has 1 fully saturated rings. The van der Waals surface area contributed by atoms with Gasteiger partial charge in [-0.15, -0.1) is 0 Å². The third-order valence-electron chi connectivity index (χ3n) is 3.30. The summed E-state index contributed by atoms with van der Waals surface area (Å²) in [6.07, 6.45) is 2.43. The van der Waals surface area contributed by atoms with Gasteiger partial charge in [0.2, 0.25) is 5.91 Å². The zero-order valence-electron chi connectivity index (χ0n) is 13.1. The molecular formula is C17H24N2O3. The molecule has 5 nitrogen and oxygen atoms in total. The molecule has 0 aliphatic carbocycles. The van der Waals surface area contributed by atoms with E-state index >= 15 is 0 Å². The van der Waals surface area contributed by atoms with E-state index in [1.807, 2.05) is 31.2 Å². The molecule has 5 heteroatoms. The van der Waals surface area contributed by atoms with E-state index in [1.165, 1.54) is 0 Å². The Morgan fingerprint density at radius 2 is 2.18 bits per heavy atom. The van der Waals surface area contributed by atoms with Gasteiger partial charge in [0, 0.05) is 18.8 Å². The molecule has 0 aromatic heterocycles. The van der Waals surface area contributed by atoms with Crippen molar-refractivity contribution in [2.24, 2.45) is 0 Å². The fourth-order valence-electron chi connectivity index (χ4n) is 2.20. The van der Waals surface area contributed by atoms with Crippen molar-refractivity contribution in [2.75, 3.05) is 31.6 Å². The minimum atomic E-state index is -0.0615. The zero-order chi connectivity index (χ0) is 15.8. The number of benzene rings is 1. The van der Waals surface area contributed by atoms with Crippen LogP contribution in [0.2, 0.25) is 0 Å². The van der Waals surface area contributed by atoms with Crippen molar-refractivity contribution >= 4 is 11.6 Å². The van der Waals surface area contributed by atoms with Gasteiger partial charge in [0.05, 0.1) is 12.6 Å². The van der Waals surface area contributed by atoms with E-state index in [9.17, 15) is 4.79 Å². The Morgan fingerprint density at radius 3 is 2.82 bits per heavy atom. The fraction of sp³-hybridized carbons (Fsp3) is 0.471. The molecule has 120 valence electrons. The number of rotatable bonds is 8. The summed E-state index contributed by atoms with van der Waals surface area (Å²) in [5, 5.41) is 5.96. The average molecular weight is 304 g/mol. The van der Waals surface area contributed by atoms with Crippen LogP contribution in [-0.4, -0.2) is 38.3 Å². The van der Waals surface area contributed by atoms with Crippen LogP contribution >= 0.6 is 0 Å². The van der Waals surface area contributed by atoms with Crippen molar-refractivity contribution < 1.29 is 14.3 Å². The molecule has 22 heavy (non-hydrogen) atoms. The Bertz CT molecular complexity index is 493. The predicted octanol–water partition coefficient (Wildman–Crippen LogP) is 2.35. The van der Waals surface area contributed by atoms with E-state index in [-0.39, 0.29) is 18.6 Å². The molecule has 2 rings (SSSR count). The van der Waals surface area contributed by atoms with E-state index in [2.05, 4.69) is 17.2 Å². The maximum absolute atomic E-state index is 11.8.